The third-order valence-corrected chi connectivity index (χ3v) is 10.5. The predicted molar refractivity (Wildman–Crippen MR) is 166 cm³/mol. The molecule has 0 amide bonds. The quantitative estimate of drug-likeness (QED) is 0.203. The van der Waals surface area contributed by atoms with Gasteiger partial charge in [0.25, 0.3) is 0 Å². The number of aliphatic imine (C=N–C) groups is 1. The highest BCUT2D eigenvalue weighted by Crippen LogP contribution is 2.46. The highest BCUT2D eigenvalue weighted by atomic mass is 31.2. The smallest absolute Gasteiger partial charge is 0.217 e. The lowest BCUT2D eigenvalue weighted by molar-refractivity contribution is 0.320. The molecule has 0 N–H and O–H groups in total. The summed E-state index contributed by atoms with van der Waals surface area (Å²) in [5, 5.41) is 2.17. The zero-order valence-corrected chi connectivity index (χ0v) is 23.8. The van der Waals surface area contributed by atoms with Gasteiger partial charge in [0.15, 0.2) is 7.14 Å². The number of methoxy groups -OCH3 is 2. The highest BCUT2D eigenvalue weighted by molar-refractivity contribution is 7.85. The fourth-order valence-corrected chi connectivity index (χ4v) is 8.08. The Labute approximate surface area is 240 Å². The van der Waals surface area contributed by atoms with Crippen LogP contribution in [0.15, 0.2) is 132 Å². The summed E-state index contributed by atoms with van der Waals surface area (Å²) in [7, 11) is -0.0924. The second-order valence-electron chi connectivity index (χ2n) is 9.74. The standard InChI is InChI=1S/C35H30NO4P/c1-38-26-16-20-28(21-17-26)41(37,29-22-18-27(39-2)19-23-29)34-15-9-8-13-31(34)30-12-6-7-14-32(30)35-36-33(24-40-35)25-10-4-3-5-11-25/h3-23,33H,24H2,1-2H3/t33-/m1/s1. The Morgan fingerprint density at radius 2 is 1.15 bits per heavy atom. The maximum absolute atomic E-state index is 15.5. The van der Waals surface area contributed by atoms with Gasteiger partial charge in [-0.2, -0.15) is 0 Å². The zero-order chi connectivity index (χ0) is 28.2. The molecular formula is C35H30NO4P. The van der Waals surface area contributed by atoms with E-state index in [0.717, 1.165) is 27.6 Å². The molecule has 1 aliphatic heterocycles. The van der Waals surface area contributed by atoms with Crippen molar-refractivity contribution in [3.63, 3.8) is 0 Å². The van der Waals surface area contributed by atoms with Crippen LogP contribution in [0.25, 0.3) is 11.1 Å². The minimum Gasteiger partial charge on any atom is -0.497 e. The normalized spacial score (nSPS) is 14.7. The number of hydrogen-bond donors (Lipinski definition) is 0. The second-order valence-corrected chi connectivity index (χ2v) is 12.5. The van der Waals surface area contributed by atoms with Gasteiger partial charge in [-0.3, -0.25) is 0 Å². The highest BCUT2D eigenvalue weighted by Gasteiger charge is 2.33. The predicted octanol–water partition coefficient (Wildman–Crippen LogP) is 6.53. The van der Waals surface area contributed by atoms with Crippen LogP contribution in [0.2, 0.25) is 0 Å². The van der Waals surface area contributed by atoms with Crippen molar-refractivity contribution in [3.8, 4) is 22.6 Å². The Hall–Kier alpha value is -4.60. The van der Waals surface area contributed by atoms with Crippen molar-refractivity contribution >= 4 is 29.0 Å². The van der Waals surface area contributed by atoms with Crippen LogP contribution in [0.5, 0.6) is 11.5 Å². The van der Waals surface area contributed by atoms with Gasteiger partial charge in [-0.1, -0.05) is 72.8 Å². The number of rotatable bonds is 8. The molecule has 1 heterocycles. The number of benzene rings is 5. The second kappa shape index (κ2) is 11.5. The molecule has 5 aromatic rings. The van der Waals surface area contributed by atoms with Crippen molar-refractivity contribution in [1.29, 1.82) is 0 Å². The van der Waals surface area contributed by atoms with Crippen molar-refractivity contribution in [2.75, 3.05) is 20.8 Å². The first-order valence-corrected chi connectivity index (χ1v) is 15.2. The molecule has 5 aromatic carbocycles. The summed E-state index contributed by atoms with van der Waals surface area (Å²) in [6, 6.07) is 41.0. The third kappa shape index (κ3) is 5.05. The molecule has 0 saturated carbocycles. The van der Waals surface area contributed by atoms with E-state index in [1.54, 1.807) is 14.2 Å². The fourth-order valence-electron chi connectivity index (χ4n) is 5.26. The molecule has 0 aliphatic carbocycles. The number of ether oxygens (including phenoxy) is 3. The molecule has 204 valence electrons. The zero-order valence-electron chi connectivity index (χ0n) is 22.9. The molecule has 6 heteroatoms. The Morgan fingerprint density at radius 3 is 1.73 bits per heavy atom. The van der Waals surface area contributed by atoms with Gasteiger partial charge in [0.1, 0.15) is 24.1 Å². The molecule has 0 bridgehead atoms. The summed E-state index contributed by atoms with van der Waals surface area (Å²) in [6.07, 6.45) is 0. The van der Waals surface area contributed by atoms with E-state index in [0.29, 0.717) is 34.6 Å². The lowest BCUT2D eigenvalue weighted by Gasteiger charge is -2.24. The van der Waals surface area contributed by atoms with Gasteiger partial charge in [0.2, 0.25) is 5.90 Å². The Kier molecular flexibility index (Phi) is 7.45. The molecule has 1 atom stereocenters. The van der Waals surface area contributed by atoms with E-state index in [9.17, 15) is 0 Å². The molecule has 5 nitrogen and oxygen atoms in total. The van der Waals surface area contributed by atoms with Crippen LogP contribution < -0.4 is 25.4 Å². The largest absolute Gasteiger partial charge is 0.497 e. The maximum atomic E-state index is 15.5. The molecule has 0 saturated heterocycles. The average Bonchev–Trinajstić information content (AvgIpc) is 3.55. The first kappa shape index (κ1) is 26.6. The summed E-state index contributed by atoms with van der Waals surface area (Å²) in [5.41, 5.74) is 3.77. The molecule has 0 aromatic heterocycles. The van der Waals surface area contributed by atoms with Crippen molar-refractivity contribution < 1.29 is 18.8 Å². The molecule has 6 rings (SSSR count). The summed E-state index contributed by atoms with van der Waals surface area (Å²) >= 11 is 0. The van der Waals surface area contributed by atoms with Gasteiger partial charge in [-0.05, 0) is 71.3 Å². The monoisotopic (exact) mass is 559 g/mol. The lowest BCUT2D eigenvalue weighted by Crippen LogP contribution is -2.26. The summed E-state index contributed by atoms with van der Waals surface area (Å²) in [5.74, 6) is 2.00. The van der Waals surface area contributed by atoms with E-state index >= 15 is 4.57 Å². The summed E-state index contributed by atoms with van der Waals surface area (Å²) in [4.78, 5) is 4.96. The molecule has 0 fully saturated rings. The van der Waals surface area contributed by atoms with E-state index in [1.807, 2.05) is 115 Å². The minimum atomic E-state index is -3.34. The van der Waals surface area contributed by atoms with Gasteiger partial charge >= 0.3 is 0 Å². The SMILES string of the molecule is COc1ccc(P(=O)(c2ccc(OC)cc2)c2ccccc2-c2ccccc2C2=N[C@@H](c3ccccc3)CO2)cc1. The van der Waals surface area contributed by atoms with E-state index < -0.39 is 7.14 Å². The third-order valence-electron chi connectivity index (χ3n) is 7.40. The van der Waals surface area contributed by atoms with Gasteiger partial charge in [0, 0.05) is 21.5 Å². The molecular weight excluding hydrogens is 529 g/mol. The van der Waals surface area contributed by atoms with Crippen molar-refractivity contribution in [3.05, 3.63) is 139 Å². The number of nitrogens with zero attached hydrogens (tertiary/aromatic N) is 1. The van der Waals surface area contributed by atoms with Crippen LogP contribution in [0.1, 0.15) is 17.2 Å². The Balaban J connectivity index is 1.52. The van der Waals surface area contributed by atoms with Crippen molar-refractivity contribution in [2.45, 2.75) is 6.04 Å². The lowest BCUT2D eigenvalue weighted by atomic mass is 9.99. The van der Waals surface area contributed by atoms with E-state index in [-0.39, 0.29) is 6.04 Å². The molecule has 0 unspecified atom stereocenters. The topological polar surface area (TPSA) is 57.1 Å². The van der Waals surface area contributed by atoms with Crippen LogP contribution in [0, 0.1) is 0 Å². The van der Waals surface area contributed by atoms with Crippen LogP contribution in [-0.2, 0) is 9.30 Å². The molecule has 0 spiro atoms. The van der Waals surface area contributed by atoms with Gasteiger partial charge in [-0.15, -0.1) is 0 Å². The Bertz CT molecular complexity index is 1680. The van der Waals surface area contributed by atoms with E-state index in [2.05, 4.69) is 12.1 Å². The van der Waals surface area contributed by atoms with E-state index in [1.165, 1.54) is 0 Å². The van der Waals surface area contributed by atoms with Crippen LogP contribution >= 0.6 is 7.14 Å². The summed E-state index contributed by atoms with van der Waals surface area (Å²) < 4.78 is 32.5. The fraction of sp³-hybridized carbons (Fsp3) is 0.114. The number of hydrogen-bond acceptors (Lipinski definition) is 5. The van der Waals surface area contributed by atoms with Crippen molar-refractivity contribution in [2.24, 2.45) is 4.99 Å². The minimum absolute atomic E-state index is 0.0702. The Morgan fingerprint density at radius 1 is 0.634 bits per heavy atom. The first-order chi connectivity index (χ1) is 20.1. The molecule has 1 aliphatic rings. The first-order valence-electron chi connectivity index (χ1n) is 13.5. The van der Waals surface area contributed by atoms with Gasteiger partial charge in [0.05, 0.1) is 14.2 Å². The van der Waals surface area contributed by atoms with E-state index in [4.69, 9.17) is 19.2 Å². The van der Waals surface area contributed by atoms with Crippen LogP contribution in [-0.4, -0.2) is 26.7 Å². The molecule has 41 heavy (non-hydrogen) atoms. The maximum Gasteiger partial charge on any atom is 0.217 e. The van der Waals surface area contributed by atoms with Crippen LogP contribution in [0.4, 0.5) is 0 Å². The van der Waals surface area contributed by atoms with Gasteiger partial charge in [-0.25, -0.2) is 4.99 Å². The van der Waals surface area contributed by atoms with Gasteiger partial charge < -0.3 is 18.8 Å². The average molecular weight is 560 g/mol. The molecule has 0 radical (unpaired) electrons. The van der Waals surface area contributed by atoms with Crippen molar-refractivity contribution in [1.82, 2.24) is 0 Å². The van der Waals surface area contributed by atoms with Crippen LogP contribution in [0.3, 0.4) is 0 Å². The summed E-state index contributed by atoms with van der Waals surface area (Å²) in [6.45, 7) is 0.478.